The highest BCUT2D eigenvalue weighted by Crippen LogP contribution is 2.26. The van der Waals surface area contributed by atoms with Crippen LogP contribution in [0.25, 0.3) is 0 Å². The molecule has 0 aromatic carbocycles. The lowest BCUT2D eigenvalue weighted by atomic mass is 10.4. The van der Waals surface area contributed by atoms with Crippen molar-refractivity contribution in [2.24, 2.45) is 5.14 Å². The summed E-state index contributed by atoms with van der Waals surface area (Å²) in [6.07, 6.45) is 4.92. The quantitative estimate of drug-likeness (QED) is 0.783. The molecule has 1 aliphatic rings. The van der Waals surface area contributed by atoms with E-state index in [9.17, 15) is 8.42 Å². The summed E-state index contributed by atoms with van der Waals surface area (Å²) in [4.78, 5) is 3.73. The number of aromatic nitrogens is 1. The first-order valence-electron chi connectivity index (χ1n) is 4.20. The van der Waals surface area contributed by atoms with E-state index in [0.29, 0.717) is 5.75 Å². The molecule has 0 atom stereocenters. The minimum atomic E-state index is -3.68. The number of sulfonamides is 1. The van der Waals surface area contributed by atoms with Gasteiger partial charge in [-0.25, -0.2) is 13.6 Å². The molecular formula is C8H10N2O3S. The van der Waals surface area contributed by atoms with E-state index >= 15 is 0 Å². The summed E-state index contributed by atoms with van der Waals surface area (Å²) in [5.74, 6) is 0.457. The van der Waals surface area contributed by atoms with Crippen LogP contribution in [0.3, 0.4) is 0 Å². The van der Waals surface area contributed by atoms with Gasteiger partial charge < -0.3 is 4.74 Å². The SMILES string of the molecule is NS(=O)(=O)c1cncc(OC2CC2)c1. The monoisotopic (exact) mass is 214 g/mol. The first kappa shape index (κ1) is 9.42. The third-order valence-corrected chi connectivity index (χ3v) is 2.72. The Bertz CT molecular complexity index is 440. The number of primary sulfonamides is 1. The van der Waals surface area contributed by atoms with Gasteiger partial charge in [0.15, 0.2) is 0 Å². The lowest BCUT2D eigenvalue weighted by Crippen LogP contribution is -2.12. The average Bonchev–Trinajstić information content (AvgIpc) is 2.87. The van der Waals surface area contributed by atoms with Gasteiger partial charge in [0.2, 0.25) is 10.0 Å². The molecule has 5 nitrogen and oxygen atoms in total. The van der Waals surface area contributed by atoms with Crippen LogP contribution in [-0.2, 0) is 10.0 Å². The Morgan fingerprint density at radius 2 is 2.14 bits per heavy atom. The van der Waals surface area contributed by atoms with Gasteiger partial charge in [-0.3, -0.25) is 4.98 Å². The molecular weight excluding hydrogens is 204 g/mol. The van der Waals surface area contributed by atoms with Crippen molar-refractivity contribution in [1.29, 1.82) is 0 Å². The van der Waals surface area contributed by atoms with Crippen LogP contribution in [0.4, 0.5) is 0 Å². The predicted octanol–water partition coefficient (Wildman–Crippen LogP) is 0.270. The Morgan fingerprint density at radius 3 is 2.71 bits per heavy atom. The van der Waals surface area contributed by atoms with E-state index in [1.54, 1.807) is 0 Å². The second-order valence-corrected chi connectivity index (χ2v) is 4.78. The number of pyridine rings is 1. The second kappa shape index (κ2) is 3.21. The largest absolute Gasteiger partial charge is 0.489 e. The van der Waals surface area contributed by atoms with Crippen LogP contribution >= 0.6 is 0 Å². The molecule has 0 bridgehead atoms. The summed E-state index contributed by atoms with van der Waals surface area (Å²) >= 11 is 0. The Hall–Kier alpha value is -1.14. The molecule has 1 aromatic heterocycles. The van der Waals surface area contributed by atoms with Crippen LogP contribution in [0.1, 0.15) is 12.8 Å². The number of rotatable bonds is 3. The Labute approximate surface area is 82.0 Å². The highest BCUT2D eigenvalue weighted by Gasteiger charge is 2.24. The highest BCUT2D eigenvalue weighted by atomic mass is 32.2. The minimum absolute atomic E-state index is 0.0179. The molecule has 1 heterocycles. The van der Waals surface area contributed by atoms with Crippen LogP contribution in [0, 0.1) is 0 Å². The van der Waals surface area contributed by atoms with Crippen molar-refractivity contribution in [1.82, 2.24) is 4.98 Å². The van der Waals surface area contributed by atoms with Crippen molar-refractivity contribution in [3.63, 3.8) is 0 Å². The van der Waals surface area contributed by atoms with Crippen molar-refractivity contribution in [3.8, 4) is 5.75 Å². The van der Waals surface area contributed by atoms with Crippen molar-refractivity contribution >= 4 is 10.0 Å². The van der Waals surface area contributed by atoms with Gasteiger partial charge >= 0.3 is 0 Å². The number of nitrogens with zero attached hydrogens (tertiary/aromatic N) is 1. The summed E-state index contributed by atoms with van der Waals surface area (Å²) in [5, 5.41) is 4.95. The molecule has 1 aliphatic carbocycles. The van der Waals surface area contributed by atoms with E-state index in [0.717, 1.165) is 12.8 Å². The fourth-order valence-electron chi connectivity index (χ4n) is 0.997. The molecule has 1 saturated carbocycles. The lowest BCUT2D eigenvalue weighted by Gasteiger charge is -2.04. The fraction of sp³-hybridized carbons (Fsp3) is 0.375. The molecule has 1 fully saturated rings. The van der Waals surface area contributed by atoms with Crippen molar-refractivity contribution in [3.05, 3.63) is 18.5 Å². The zero-order chi connectivity index (χ0) is 10.2. The predicted molar refractivity (Wildman–Crippen MR) is 49.3 cm³/mol. The van der Waals surface area contributed by atoms with E-state index in [-0.39, 0.29) is 11.0 Å². The van der Waals surface area contributed by atoms with E-state index in [1.165, 1.54) is 18.5 Å². The molecule has 0 spiro atoms. The molecule has 2 N–H and O–H groups in total. The van der Waals surface area contributed by atoms with Gasteiger partial charge in [0.25, 0.3) is 0 Å². The first-order valence-corrected chi connectivity index (χ1v) is 5.75. The van der Waals surface area contributed by atoms with Crippen LogP contribution < -0.4 is 9.88 Å². The van der Waals surface area contributed by atoms with Crippen LogP contribution in [-0.4, -0.2) is 19.5 Å². The lowest BCUT2D eigenvalue weighted by molar-refractivity contribution is 0.301. The molecule has 0 saturated heterocycles. The molecule has 0 amide bonds. The standard InChI is InChI=1S/C8H10N2O3S/c9-14(11,12)8-3-7(4-10-5-8)13-6-1-2-6/h3-6H,1-2H2,(H2,9,11,12). The highest BCUT2D eigenvalue weighted by molar-refractivity contribution is 7.89. The topological polar surface area (TPSA) is 82.3 Å². The molecule has 0 radical (unpaired) electrons. The van der Waals surface area contributed by atoms with Gasteiger partial charge in [-0.15, -0.1) is 0 Å². The maximum absolute atomic E-state index is 11.0. The Balaban J connectivity index is 2.26. The number of hydrogen-bond donors (Lipinski definition) is 1. The van der Waals surface area contributed by atoms with Gasteiger partial charge in [0.05, 0.1) is 12.3 Å². The van der Waals surface area contributed by atoms with Crippen molar-refractivity contribution in [2.45, 2.75) is 23.8 Å². The van der Waals surface area contributed by atoms with Gasteiger partial charge in [0, 0.05) is 12.3 Å². The third-order valence-electron chi connectivity index (χ3n) is 1.84. The molecule has 2 rings (SSSR count). The van der Waals surface area contributed by atoms with Crippen LogP contribution in [0.2, 0.25) is 0 Å². The van der Waals surface area contributed by atoms with E-state index in [4.69, 9.17) is 9.88 Å². The summed E-state index contributed by atoms with van der Waals surface area (Å²) in [5.41, 5.74) is 0. The molecule has 0 aliphatic heterocycles. The summed E-state index contributed by atoms with van der Waals surface area (Å²) in [6.45, 7) is 0. The normalized spacial score (nSPS) is 16.6. The zero-order valence-electron chi connectivity index (χ0n) is 7.38. The number of nitrogens with two attached hydrogens (primary N) is 1. The molecule has 76 valence electrons. The van der Waals surface area contributed by atoms with Crippen molar-refractivity contribution in [2.75, 3.05) is 0 Å². The number of ether oxygens (including phenoxy) is 1. The summed E-state index contributed by atoms with van der Waals surface area (Å²) in [7, 11) is -3.68. The maximum atomic E-state index is 11.0. The van der Waals surface area contributed by atoms with Crippen LogP contribution in [0.5, 0.6) is 5.75 Å². The summed E-state index contributed by atoms with van der Waals surface area (Å²) < 4.78 is 27.3. The Kier molecular flexibility index (Phi) is 2.16. The first-order chi connectivity index (χ1) is 6.55. The minimum Gasteiger partial charge on any atom is -0.489 e. The molecule has 0 unspecified atom stereocenters. The van der Waals surface area contributed by atoms with E-state index < -0.39 is 10.0 Å². The summed E-state index contributed by atoms with van der Waals surface area (Å²) in [6, 6.07) is 1.39. The second-order valence-electron chi connectivity index (χ2n) is 3.22. The average molecular weight is 214 g/mol. The molecule has 14 heavy (non-hydrogen) atoms. The fourth-order valence-corrected chi connectivity index (χ4v) is 1.49. The maximum Gasteiger partial charge on any atom is 0.239 e. The van der Waals surface area contributed by atoms with Crippen LogP contribution in [0.15, 0.2) is 23.4 Å². The zero-order valence-corrected chi connectivity index (χ0v) is 8.20. The van der Waals surface area contributed by atoms with Gasteiger partial charge in [-0.1, -0.05) is 0 Å². The smallest absolute Gasteiger partial charge is 0.239 e. The Morgan fingerprint density at radius 1 is 1.43 bits per heavy atom. The van der Waals surface area contributed by atoms with Gasteiger partial charge in [0.1, 0.15) is 10.6 Å². The molecule has 6 heteroatoms. The number of hydrogen-bond acceptors (Lipinski definition) is 4. The van der Waals surface area contributed by atoms with Gasteiger partial charge in [-0.05, 0) is 12.8 Å². The third kappa shape index (κ3) is 2.21. The van der Waals surface area contributed by atoms with E-state index in [1.807, 2.05) is 0 Å². The van der Waals surface area contributed by atoms with E-state index in [2.05, 4.69) is 4.98 Å². The van der Waals surface area contributed by atoms with Crippen molar-refractivity contribution < 1.29 is 13.2 Å². The molecule has 1 aromatic rings. The van der Waals surface area contributed by atoms with Gasteiger partial charge in [-0.2, -0.15) is 0 Å².